The zero-order valence-electron chi connectivity index (χ0n) is 14.7. The predicted octanol–water partition coefficient (Wildman–Crippen LogP) is 3.55. The largest absolute Gasteiger partial charge is 0.466 e. The Kier molecular flexibility index (Phi) is 7.89. The van der Waals surface area contributed by atoms with E-state index in [1.54, 1.807) is 19.9 Å². The Balaban J connectivity index is 2.87. The van der Waals surface area contributed by atoms with Gasteiger partial charge in [-0.3, -0.25) is 9.59 Å². The van der Waals surface area contributed by atoms with Crippen molar-refractivity contribution in [3.8, 4) is 0 Å². The lowest BCUT2D eigenvalue weighted by Gasteiger charge is -2.22. The van der Waals surface area contributed by atoms with Crippen molar-refractivity contribution in [2.75, 3.05) is 11.9 Å². The highest BCUT2D eigenvalue weighted by atomic mass is 35.5. The molecule has 26 heavy (non-hydrogen) atoms. The van der Waals surface area contributed by atoms with Crippen LogP contribution in [0.4, 0.5) is 18.9 Å². The number of hydrogen-bond acceptors (Lipinski definition) is 4. The molecule has 0 aliphatic rings. The lowest BCUT2D eigenvalue weighted by atomic mass is 10.00. The van der Waals surface area contributed by atoms with E-state index in [9.17, 15) is 22.8 Å². The van der Waals surface area contributed by atoms with Gasteiger partial charge in [0.1, 0.15) is 0 Å². The minimum absolute atomic E-state index is 0.134. The van der Waals surface area contributed by atoms with E-state index in [0.29, 0.717) is 12.0 Å². The van der Waals surface area contributed by atoms with Gasteiger partial charge in [-0.15, -0.1) is 0 Å². The van der Waals surface area contributed by atoms with E-state index in [1.165, 1.54) is 12.1 Å². The van der Waals surface area contributed by atoms with Crippen molar-refractivity contribution in [2.24, 2.45) is 17.6 Å². The molecule has 0 saturated heterocycles. The Morgan fingerprint density at radius 1 is 1.31 bits per heavy atom. The zero-order chi connectivity index (χ0) is 20.1. The number of carbonyl (C=O) groups excluding carboxylic acids is 2. The van der Waals surface area contributed by atoms with Crippen LogP contribution in [0.15, 0.2) is 18.2 Å². The fourth-order valence-corrected chi connectivity index (χ4v) is 2.33. The molecule has 0 spiro atoms. The van der Waals surface area contributed by atoms with Crippen LogP contribution in [0.25, 0.3) is 0 Å². The van der Waals surface area contributed by atoms with Gasteiger partial charge in [-0.25, -0.2) is 0 Å². The van der Waals surface area contributed by atoms with Crippen molar-refractivity contribution in [1.82, 2.24) is 0 Å². The number of nitrogens with two attached hydrogens (primary N) is 1. The molecule has 0 bridgehead atoms. The molecule has 0 radical (unpaired) electrons. The smallest absolute Gasteiger partial charge is 0.393 e. The molecule has 5 nitrogen and oxygen atoms in total. The van der Waals surface area contributed by atoms with Crippen LogP contribution in [-0.4, -0.2) is 30.7 Å². The molecule has 3 N–H and O–H groups in total. The summed E-state index contributed by atoms with van der Waals surface area (Å²) in [6.45, 7) is 4.49. The summed E-state index contributed by atoms with van der Waals surface area (Å²) in [5.74, 6) is -3.79. The van der Waals surface area contributed by atoms with Crippen LogP contribution in [0.1, 0.15) is 26.3 Å². The number of anilines is 1. The summed E-state index contributed by atoms with van der Waals surface area (Å²) in [6.07, 6.45) is -4.26. The third kappa shape index (κ3) is 6.17. The topological polar surface area (TPSA) is 81.4 Å². The van der Waals surface area contributed by atoms with Crippen LogP contribution in [0.5, 0.6) is 0 Å². The van der Waals surface area contributed by atoms with E-state index >= 15 is 0 Å². The zero-order valence-corrected chi connectivity index (χ0v) is 15.4. The molecule has 1 amide bonds. The number of halogens is 4. The fraction of sp³-hybridized carbons (Fsp3) is 0.529. The van der Waals surface area contributed by atoms with Gasteiger partial charge in [-0.05, 0) is 31.0 Å². The number of nitrogens with one attached hydrogen (secondary N) is 1. The second-order valence-corrected chi connectivity index (χ2v) is 6.42. The molecule has 3 atom stereocenters. The number of ether oxygens (including phenoxy) is 1. The molecule has 2 unspecified atom stereocenters. The summed E-state index contributed by atoms with van der Waals surface area (Å²) < 4.78 is 43.0. The highest BCUT2D eigenvalue weighted by molar-refractivity contribution is 6.33. The monoisotopic (exact) mass is 394 g/mol. The molecule has 1 aromatic rings. The Bertz CT molecular complexity index is 653. The Morgan fingerprint density at radius 3 is 2.46 bits per heavy atom. The van der Waals surface area contributed by atoms with Crippen LogP contribution < -0.4 is 11.1 Å². The van der Waals surface area contributed by atoms with Crippen molar-refractivity contribution in [2.45, 2.75) is 39.4 Å². The van der Waals surface area contributed by atoms with Crippen molar-refractivity contribution in [3.63, 3.8) is 0 Å². The molecule has 146 valence electrons. The van der Waals surface area contributed by atoms with Gasteiger partial charge in [0.25, 0.3) is 0 Å². The van der Waals surface area contributed by atoms with Gasteiger partial charge in [-0.2, -0.15) is 13.2 Å². The molecule has 9 heteroatoms. The minimum Gasteiger partial charge on any atom is -0.466 e. The normalized spacial score (nSPS) is 15.1. The van der Waals surface area contributed by atoms with Crippen LogP contribution in [0, 0.1) is 11.8 Å². The maximum absolute atomic E-state index is 12.7. The SMILES string of the molecule is CCOC(=O)[C@@H](C)Cc1ccc(Cl)c(NC(=O)C(N)C(C)C(F)(F)F)c1. The number of esters is 1. The molecular formula is C17H22ClF3N2O3. The van der Waals surface area contributed by atoms with E-state index in [1.807, 2.05) is 0 Å². The van der Waals surface area contributed by atoms with E-state index < -0.39 is 30.0 Å². The molecule has 1 aromatic carbocycles. The molecule has 0 aliphatic carbocycles. The third-order valence-electron chi connectivity index (χ3n) is 3.88. The Hall–Kier alpha value is -1.80. The van der Waals surface area contributed by atoms with E-state index in [-0.39, 0.29) is 23.3 Å². The first kappa shape index (κ1) is 22.2. The summed E-state index contributed by atoms with van der Waals surface area (Å²) in [6, 6.07) is 2.88. The third-order valence-corrected chi connectivity index (χ3v) is 4.21. The van der Waals surface area contributed by atoms with Gasteiger partial charge < -0.3 is 15.8 Å². The van der Waals surface area contributed by atoms with Gasteiger partial charge in [0.2, 0.25) is 5.91 Å². The van der Waals surface area contributed by atoms with Gasteiger partial charge in [0, 0.05) is 0 Å². The molecule has 0 fully saturated rings. The fourth-order valence-electron chi connectivity index (χ4n) is 2.16. The molecule has 1 rings (SSSR count). The average molecular weight is 395 g/mol. The van der Waals surface area contributed by atoms with Gasteiger partial charge in [-0.1, -0.05) is 31.5 Å². The Morgan fingerprint density at radius 2 is 1.92 bits per heavy atom. The van der Waals surface area contributed by atoms with Gasteiger partial charge >= 0.3 is 12.1 Å². The first-order chi connectivity index (χ1) is 12.0. The van der Waals surface area contributed by atoms with E-state index in [0.717, 1.165) is 6.92 Å². The van der Waals surface area contributed by atoms with Gasteiger partial charge in [0.15, 0.2) is 0 Å². The lowest BCUT2D eigenvalue weighted by molar-refractivity contribution is -0.176. The standard InChI is InChI=1S/C17H22ClF3N2O3/c1-4-26-16(25)9(2)7-11-5-6-12(18)13(8-11)23-15(24)14(22)10(3)17(19,20)21/h5-6,8-10,14H,4,7,22H2,1-3H3,(H,23,24)/t9-,10?,14?/m0/s1. The average Bonchev–Trinajstić information content (AvgIpc) is 2.55. The van der Waals surface area contributed by atoms with Crippen LogP contribution in [0.3, 0.4) is 0 Å². The summed E-state index contributed by atoms with van der Waals surface area (Å²) >= 11 is 5.99. The van der Waals surface area contributed by atoms with Crippen LogP contribution in [0.2, 0.25) is 5.02 Å². The van der Waals surface area contributed by atoms with Crippen LogP contribution >= 0.6 is 11.6 Å². The van der Waals surface area contributed by atoms with Crippen molar-refractivity contribution < 1.29 is 27.5 Å². The number of alkyl halides is 3. The maximum atomic E-state index is 12.7. The number of carbonyl (C=O) groups is 2. The molecule has 0 aromatic heterocycles. The maximum Gasteiger partial charge on any atom is 0.393 e. The van der Waals surface area contributed by atoms with Crippen molar-refractivity contribution in [1.29, 1.82) is 0 Å². The summed E-state index contributed by atoms with van der Waals surface area (Å²) in [5, 5.41) is 2.47. The first-order valence-electron chi connectivity index (χ1n) is 8.05. The number of benzene rings is 1. The number of hydrogen-bond donors (Lipinski definition) is 2. The number of amides is 1. The van der Waals surface area contributed by atoms with E-state index in [4.69, 9.17) is 22.1 Å². The first-order valence-corrected chi connectivity index (χ1v) is 8.43. The summed E-state index contributed by atoms with van der Waals surface area (Å²) in [7, 11) is 0. The van der Waals surface area contributed by atoms with Crippen molar-refractivity contribution >= 4 is 29.2 Å². The second kappa shape index (κ2) is 9.23. The molecule has 0 aliphatic heterocycles. The lowest BCUT2D eigenvalue weighted by Crippen LogP contribution is -2.46. The highest BCUT2D eigenvalue weighted by Crippen LogP contribution is 2.29. The van der Waals surface area contributed by atoms with Crippen molar-refractivity contribution in [3.05, 3.63) is 28.8 Å². The van der Waals surface area contributed by atoms with Gasteiger partial charge in [0.05, 0.1) is 35.2 Å². The molecular weight excluding hydrogens is 373 g/mol. The molecule has 0 heterocycles. The predicted molar refractivity (Wildman–Crippen MR) is 92.8 cm³/mol. The second-order valence-electron chi connectivity index (χ2n) is 6.02. The number of rotatable bonds is 7. The highest BCUT2D eigenvalue weighted by Gasteiger charge is 2.42. The van der Waals surface area contributed by atoms with E-state index in [2.05, 4.69) is 5.32 Å². The summed E-state index contributed by atoms with van der Waals surface area (Å²) in [5.41, 5.74) is 6.20. The quantitative estimate of drug-likeness (QED) is 0.693. The minimum atomic E-state index is -4.59. The Labute approximate surface area is 155 Å². The molecule has 0 saturated carbocycles. The van der Waals surface area contributed by atoms with Crippen LogP contribution in [-0.2, 0) is 20.7 Å². The summed E-state index contributed by atoms with van der Waals surface area (Å²) in [4.78, 5) is 23.7.